The Morgan fingerprint density at radius 3 is 2.25 bits per heavy atom. The van der Waals surface area contributed by atoms with Gasteiger partial charge < -0.3 is 0 Å². The molecule has 0 aliphatic heterocycles. The zero-order valence-corrected chi connectivity index (χ0v) is 10.7. The standard InChI is InChI=1S/C16H24/c1-4-7-14-16(6-3,13-5-2)15-11-9-8-10-12-15/h6,8-12H,3-5,7,13-14H2,1-2H3. The second kappa shape index (κ2) is 6.52. The summed E-state index contributed by atoms with van der Waals surface area (Å²) in [5, 5.41) is 0. The van der Waals surface area contributed by atoms with Crippen molar-refractivity contribution in [2.45, 2.75) is 51.4 Å². The van der Waals surface area contributed by atoms with Crippen LogP contribution in [0.25, 0.3) is 0 Å². The third kappa shape index (κ3) is 2.98. The Kier molecular flexibility index (Phi) is 5.31. The van der Waals surface area contributed by atoms with Crippen molar-refractivity contribution in [3.8, 4) is 0 Å². The van der Waals surface area contributed by atoms with Crippen LogP contribution in [0.1, 0.15) is 51.5 Å². The molecule has 16 heavy (non-hydrogen) atoms. The van der Waals surface area contributed by atoms with Gasteiger partial charge in [0.25, 0.3) is 0 Å². The molecule has 88 valence electrons. The van der Waals surface area contributed by atoms with Gasteiger partial charge in [-0.25, -0.2) is 0 Å². The average molecular weight is 216 g/mol. The summed E-state index contributed by atoms with van der Waals surface area (Å²) in [4.78, 5) is 0. The van der Waals surface area contributed by atoms with Crippen molar-refractivity contribution in [2.24, 2.45) is 0 Å². The van der Waals surface area contributed by atoms with Crippen molar-refractivity contribution in [3.05, 3.63) is 48.6 Å². The molecule has 1 rings (SSSR count). The van der Waals surface area contributed by atoms with Gasteiger partial charge in [-0.15, -0.1) is 6.58 Å². The van der Waals surface area contributed by atoms with Gasteiger partial charge in [-0.3, -0.25) is 0 Å². The van der Waals surface area contributed by atoms with Crippen LogP contribution in [0.4, 0.5) is 0 Å². The maximum Gasteiger partial charge on any atom is 0.0129 e. The second-order valence-electron chi connectivity index (χ2n) is 4.58. The maximum atomic E-state index is 4.08. The summed E-state index contributed by atoms with van der Waals surface area (Å²) in [5.41, 5.74) is 1.63. The molecular formula is C16H24. The highest BCUT2D eigenvalue weighted by Crippen LogP contribution is 2.35. The molecular weight excluding hydrogens is 192 g/mol. The SMILES string of the molecule is C=CC(CCC)(CCCC)c1ccccc1. The molecule has 0 bridgehead atoms. The molecule has 0 saturated heterocycles. The van der Waals surface area contributed by atoms with Crippen LogP contribution in [-0.4, -0.2) is 0 Å². The number of allylic oxidation sites excluding steroid dienone is 1. The first kappa shape index (κ1) is 13.0. The van der Waals surface area contributed by atoms with Gasteiger partial charge in [0.15, 0.2) is 0 Å². The van der Waals surface area contributed by atoms with Crippen LogP contribution in [0, 0.1) is 0 Å². The van der Waals surface area contributed by atoms with Gasteiger partial charge >= 0.3 is 0 Å². The molecule has 0 aliphatic carbocycles. The minimum Gasteiger partial charge on any atom is -0.102 e. The molecule has 0 saturated carbocycles. The number of benzene rings is 1. The van der Waals surface area contributed by atoms with Crippen LogP contribution in [0.3, 0.4) is 0 Å². The second-order valence-corrected chi connectivity index (χ2v) is 4.58. The molecule has 0 nitrogen and oxygen atoms in total. The molecule has 0 fully saturated rings. The van der Waals surface area contributed by atoms with E-state index in [1.807, 2.05) is 0 Å². The first-order valence-corrected chi connectivity index (χ1v) is 6.48. The zero-order chi connectivity index (χ0) is 11.9. The summed E-state index contributed by atoms with van der Waals surface area (Å²) in [5.74, 6) is 0. The topological polar surface area (TPSA) is 0 Å². The molecule has 0 N–H and O–H groups in total. The first-order valence-electron chi connectivity index (χ1n) is 6.48. The van der Waals surface area contributed by atoms with E-state index in [9.17, 15) is 0 Å². The van der Waals surface area contributed by atoms with Crippen LogP contribution in [0.2, 0.25) is 0 Å². The van der Waals surface area contributed by atoms with Gasteiger partial charge in [0.1, 0.15) is 0 Å². The highest BCUT2D eigenvalue weighted by molar-refractivity contribution is 5.30. The van der Waals surface area contributed by atoms with Crippen LogP contribution in [0.5, 0.6) is 0 Å². The first-order chi connectivity index (χ1) is 7.79. The summed E-state index contributed by atoms with van der Waals surface area (Å²) in [6.07, 6.45) is 8.35. The summed E-state index contributed by atoms with van der Waals surface area (Å²) in [6.45, 7) is 8.59. The van der Waals surface area contributed by atoms with E-state index in [0.717, 1.165) is 0 Å². The van der Waals surface area contributed by atoms with Gasteiger partial charge in [-0.1, -0.05) is 69.5 Å². The van der Waals surface area contributed by atoms with E-state index in [2.05, 4.69) is 56.8 Å². The fraction of sp³-hybridized carbons (Fsp3) is 0.500. The number of hydrogen-bond acceptors (Lipinski definition) is 0. The molecule has 0 aromatic heterocycles. The minimum atomic E-state index is 0.200. The maximum absolute atomic E-state index is 4.08. The lowest BCUT2D eigenvalue weighted by molar-refractivity contribution is 0.431. The van der Waals surface area contributed by atoms with E-state index < -0.39 is 0 Å². The van der Waals surface area contributed by atoms with Crippen molar-refractivity contribution in [1.82, 2.24) is 0 Å². The zero-order valence-electron chi connectivity index (χ0n) is 10.7. The molecule has 0 aliphatic rings. The third-order valence-electron chi connectivity index (χ3n) is 3.41. The summed E-state index contributed by atoms with van der Waals surface area (Å²) >= 11 is 0. The van der Waals surface area contributed by atoms with Crippen molar-refractivity contribution < 1.29 is 0 Å². The van der Waals surface area contributed by atoms with Crippen molar-refractivity contribution >= 4 is 0 Å². The Morgan fingerprint density at radius 1 is 1.06 bits per heavy atom. The van der Waals surface area contributed by atoms with Gasteiger partial charge in [-0.2, -0.15) is 0 Å². The summed E-state index contributed by atoms with van der Waals surface area (Å²) < 4.78 is 0. The number of unbranched alkanes of at least 4 members (excludes halogenated alkanes) is 1. The predicted octanol–water partition coefficient (Wildman–Crippen LogP) is 5.10. The lowest BCUT2D eigenvalue weighted by Crippen LogP contribution is -2.23. The molecule has 1 aromatic rings. The number of hydrogen-bond donors (Lipinski definition) is 0. The summed E-state index contributed by atoms with van der Waals surface area (Å²) in [6, 6.07) is 10.8. The van der Waals surface area contributed by atoms with Crippen LogP contribution in [0.15, 0.2) is 43.0 Å². The Morgan fingerprint density at radius 2 is 1.75 bits per heavy atom. The van der Waals surface area contributed by atoms with Crippen LogP contribution < -0.4 is 0 Å². The lowest BCUT2D eigenvalue weighted by atomic mass is 9.73. The predicted molar refractivity (Wildman–Crippen MR) is 72.8 cm³/mol. The van der Waals surface area contributed by atoms with Gasteiger partial charge in [0.2, 0.25) is 0 Å². The van der Waals surface area contributed by atoms with Gasteiger partial charge in [0.05, 0.1) is 0 Å². The normalized spacial score (nSPS) is 14.4. The Hall–Kier alpha value is -1.04. The fourth-order valence-corrected chi connectivity index (χ4v) is 2.44. The largest absolute Gasteiger partial charge is 0.102 e. The monoisotopic (exact) mass is 216 g/mol. The lowest BCUT2D eigenvalue weighted by Gasteiger charge is -2.31. The van der Waals surface area contributed by atoms with E-state index in [4.69, 9.17) is 0 Å². The Bertz CT molecular complexity index is 299. The van der Waals surface area contributed by atoms with E-state index in [-0.39, 0.29) is 5.41 Å². The summed E-state index contributed by atoms with van der Waals surface area (Å²) in [7, 11) is 0. The highest BCUT2D eigenvalue weighted by atomic mass is 14.3. The van der Waals surface area contributed by atoms with Crippen molar-refractivity contribution in [3.63, 3.8) is 0 Å². The van der Waals surface area contributed by atoms with Crippen LogP contribution in [-0.2, 0) is 5.41 Å². The van der Waals surface area contributed by atoms with Gasteiger partial charge in [0, 0.05) is 5.41 Å². The van der Waals surface area contributed by atoms with E-state index in [1.54, 1.807) is 0 Å². The third-order valence-corrected chi connectivity index (χ3v) is 3.41. The number of rotatable bonds is 7. The molecule has 1 aromatic carbocycles. The molecule has 1 unspecified atom stereocenters. The molecule has 0 spiro atoms. The highest BCUT2D eigenvalue weighted by Gasteiger charge is 2.26. The molecule has 0 heteroatoms. The molecule has 0 radical (unpaired) electrons. The van der Waals surface area contributed by atoms with E-state index in [0.29, 0.717) is 0 Å². The minimum absolute atomic E-state index is 0.200. The average Bonchev–Trinajstić information content (AvgIpc) is 2.36. The molecule has 0 heterocycles. The smallest absolute Gasteiger partial charge is 0.0129 e. The Labute approximate surface area is 100 Å². The quantitative estimate of drug-likeness (QED) is 0.556. The molecule has 0 amide bonds. The fourth-order valence-electron chi connectivity index (χ4n) is 2.44. The van der Waals surface area contributed by atoms with Crippen LogP contribution >= 0.6 is 0 Å². The Balaban J connectivity index is 2.96. The van der Waals surface area contributed by atoms with Crippen molar-refractivity contribution in [2.75, 3.05) is 0 Å². The van der Waals surface area contributed by atoms with Crippen molar-refractivity contribution in [1.29, 1.82) is 0 Å². The van der Waals surface area contributed by atoms with Gasteiger partial charge in [-0.05, 0) is 18.4 Å². The molecule has 1 atom stereocenters. The van der Waals surface area contributed by atoms with E-state index in [1.165, 1.54) is 37.7 Å². The van der Waals surface area contributed by atoms with E-state index >= 15 is 0 Å².